The first kappa shape index (κ1) is 22.2. The number of fused-ring (bicyclic) bond motifs is 1. The van der Waals surface area contributed by atoms with Crippen LogP contribution in [0.15, 0.2) is 36.4 Å². The fourth-order valence-corrected chi connectivity index (χ4v) is 4.43. The van der Waals surface area contributed by atoms with Gasteiger partial charge in [-0.15, -0.1) is 0 Å². The highest BCUT2D eigenvalue weighted by atomic mass is 32.2. The van der Waals surface area contributed by atoms with E-state index >= 15 is 0 Å². The Balaban J connectivity index is 2.08. The van der Waals surface area contributed by atoms with Crippen molar-refractivity contribution in [2.24, 2.45) is 0 Å². The van der Waals surface area contributed by atoms with Gasteiger partial charge in [-0.1, -0.05) is 19.1 Å². The summed E-state index contributed by atoms with van der Waals surface area (Å²) in [6.07, 6.45) is 3.80. The topological polar surface area (TPSA) is 66.9 Å². The molecule has 0 N–H and O–H groups in total. The van der Waals surface area contributed by atoms with Crippen LogP contribution >= 0.6 is 0 Å². The Hall–Kier alpha value is -2.54. The van der Waals surface area contributed by atoms with Crippen LogP contribution in [0.25, 0.3) is 11.1 Å². The molecule has 0 saturated heterocycles. The Bertz CT molecular complexity index is 1030. The van der Waals surface area contributed by atoms with Gasteiger partial charge in [0.15, 0.2) is 0 Å². The third-order valence-electron chi connectivity index (χ3n) is 5.58. The van der Waals surface area contributed by atoms with Crippen molar-refractivity contribution in [1.29, 1.82) is 0 Å². The van der Waals surface area contributed by atoms with Crippen LogP contribution in [0.4, 0.5) is 11.4 Å². The van der Waals surface area contributed by atoms with Crippen molar-refractivity contribution < 1.29 is 17.9 Å². The van der Waals surface area contributed by atoms with Crippen LogP contribution < -0.4 is 13.9 Å². The van der Waals surface area contributed by atoms with E-state index in [2.05, 4.69) is 13.8 Å². The second-order valence-electron chi connectivity index (χ2n) is 7.84. The molecule has 0 fully saturated rings. The van der Waals surface area contributed by atoms with Crippen molar-refractivity contribution in [1.82, 2.24) is 0 Å². The Morgan fingerprint density at radius 1 is 1.20 bits per heavy atom. The van der Waals surface area contributed by atoms with Gasteiger partial charge < -0.3 is 9.64 Å². The molecular weight excluding hydrogens is 400 g/mol. The normalized spacial score (nSPS) is 16.2. The van der Waals surface area contributed by atoms with E-state index in [1.54, 1.807) is 19.1 Å². The highest BCUT2D eigenvalue weighted by molar-refractivity contribution is 7.92. The Labute approximate surface area is 179 Å². The van der Waals surface area contributed by atoms with Gasteiger partial charge in [0, 0.05) is 31.1 Å². The summed E-state index contributed by atoms with van der Waals surface area (Å²) in [5.74, 6) is 0.850. The predicted octanol–water partition coefficient (Wildman–Crippen LogP) is 4.23. The summed E-state index contributed by atoms with van der Waals surface area (Å²) in [5, 5.41) is 0. The van der Waals surface area contributed by atoms with E-state index in [9.17, 15) is 13.2 Å². The van der Waals surface area contributed by atoms with Crippen LogP contribution in [0.2, 0.25) is 0 Å². The lowest BCUT2D eigenvalue weighted by molar-refractivity contribution is -0.117. The van der Waals surface area contributed by atoms with E-state index in [0.717, 1.165) is 47.4 Å². The fourth-order valence-electron chi connectivity index (χ4n) is 3.92. The molecule has 6 nitrogen and oxygen atoms in total. The average molecular weight is 431 g/mol. The molecule has 30 heavy (non-hydrogen) atoms. The smallest absolute Gasteiger partial charge is 0.231 e. The zero-order chi connectivity index (χ0) is 22.1. The van der Waals surface area contributed by atoms with Crippen molar-refractivity contribution in [3.05, 3.63) is 42.0 Å². The van der Waals surface area contributed by atoms with Crippen LogP contribution in [-0.4, -0.2) is 40.3 Å². The number of hydrogen-bond donors (Lipinski definition) is 0. The SMILES string of the molecule is CCCOc1c(-c2ccc(N(C)S(C)(=O)=O)cc2)ccc2c1CCC(C)N2C(C)=O. The molecule has 1 unspecified atom stereocenters. The number of ether oxygens (including phenoxy) is 1. The van der Waals surface area contributed by atoms with Gasteiger partial charge in [-0.05, 0) is 56.0 Å². The Kier molecular flexibility index (Phi) is 6.41. The molecular formula is C23H30N2O4S. The Morgan fingerprint density at radius 2 is 1.87 bits per heavy atom. The maximum atomic E-state index is 12.3. The fraction of sp³-hybridized carbons (Fsp3) is 0.435. The summed E-state index contributed by atoms with van der Waals surface area (Å²) in [5.41, 5.74) is 4.49. The minimum Gasteiger partial charge on any atom is -0.493 e. The molecule has 0 aliphatic carbocycles. The second kappa shape index (κ2) is 8.68. The molecule has 1 heterocycles. The Morgan fingerprint density at radius 3 is 2.43 bits per heavy atom. The first-order chi connectivity index (χ1) is 14.1. The number of hydrogen-bond acceptors (Lipinski definition) is 4. The highest BCUT2D eigenvalue weighted by Gasteiger charge is 2.29. The van der Waals surface area contributed by atoms with E-state index in [1.165, 1.54) is 17.6 Å². The van der Waals surface area contributed by atoms with Crippen molar-refractivity contribution in [3.8, 4) is 16.9 Å². The maximum absolute atomic E-state index is 12.3. The lowest BCUT2D eigenvalue weighted by Crippen LogP contribution is -2.40. The zero-order valence-electron chi connectivity index (χ0n) is 18.3. The van der Waals surface area contributed by atoms with Crippen LogP contribution in [0.3, 0.4) is 0 Å². The van der Waals surface area contributed by atoms with E-state index < -0.39 is 10.0 Å². The van der Waals surface area contributed by atoms with Gasteiger partial charge in [-0.2, -0.15) is 0 Å². The lowest BCUT2D eigenvalue weighted by atomic mass is 9.91. The zero-order valence-corrected chi connectivity index (χ0v) is 19.1. The van der Waals surface area contributed by atoms with Crippen LogP contribution in [-0.2, 0) is 21.2 Å². The molecule has 162 valence electrons. The van der Waals surface area contributed by atoms with Gasteiger partial charge >= 0.3 is 0 Å². The number of benzene rings is 2. The van der Waals surface area contributed by atoms with E-state index in [0.29, 0.717) is 12.3 Å². The number of anilines is 2. The number of amides is 1. The summed E-state index contributed by atoms with van der Waals surface area (Å²) in [6, 6.07) is 11.6. The third-order valence-corrected chi connectivity index (χ3v) is 6.78. The summed E-state index contributed by atoms with van der Waals surface area (Å²) in [4.78, 5) is 14.1. The lowest BCUT2D eigenvalue weighted by Gasteiger charge is -2.36. The van der Waals surface area contributed by atoms with Crippen molar-refractivity contribution in [3.63, 3.8) is 0 Å². The maximum Gasteiger partial charge on any atom is 0.231 e. The van der Waals surface area contributed by atoms with Crippen LogP contribution in [0.1, 0.15) is 39.2 Å². The summed E-state index contributed by atoms with van der Waals surface area (Å²) < 4.78 is 31.1. The third kappa shape index (κ3) is 4.31. The summed E-state index contributed by atoms with van der Waals surface area (Å²) in [7, 11) is -1.78. The van der Waals surface area contributed by atoms with Gasteiger partial charge in [0.1, 0.15) is 5.75 Å². The number of sulfonamides is 1. The van der Waals surface area contributed by atoms with E-state index in [4.69, 9.17) is 4.74 Å². The standard InChI is InChI=1S/C23H30N2O4S/c1-6-15-29-23-20(18-8-10-19(11-9-18)24(4)30(5,27)28)13-14-22-21(23)12-7-16(2)25(22)17(3)26/h8-11,13-14,16H,6-7,12,15H2,1-5H3. The average Bonchev–Trinajstić information content (AvgIpc) is 2.70. The molecule has 1 aliphatic rings. The number of carbonyl (C=O) groups excluding carboxylic acids is 1. The predicted molar refractivity (Wildman–Crippen MR) is 122 cm³/mol. The van der Waals surface area contributed by atoms with Crippen molar-refractivity contribution in [2.75, 3.05) is 29.1 Å². The van der Waals surface area contributed by atoms with E-state index in [1.807, 2.05) is 29.2 Å². The monoisotopic (exact) mass is 430 g/mol. The second-order valence-corrected chi connectivity index (χ2v) is 9.86. The molecule has 0 radical (unpaired) electrons. The molecule has 1 amide bonds. The van der Waals surface area contributed by atoms with Gasteiger partial charge in [0.05, 0.1) is 24.2 Å². The van der Waals surface area contributed by atoms with Crippen molar-refractivity contribution >= 4 is 27.3 Å². The molecule has 7 heteroatoms. The van der Waals surface area contributed by atoms with Crippen LogP contribution in [0.5, 0.6) is 5.75 Å². The number of nitrogens with zero attached hydrogens (tertiary/aromatic N) is 2. The summed E-state index contributed by atoms with van der Waals surface area (Å²) in [6.45, 7) is 6.33. The van der Waals surface area contributed by atoms with Crippen molar-refractivity contribution in [2.45, 2.75) is 46.1 Å². The molecule has 3 rings (SSSR count). The van der Waals surface area contributed by atoms with Gasteiger partial charge in [-0.25, -0.2) is 8.42 Å². The van der Waals surface area contributed by atoms with Gasteiger partial charge in [0.2, 0.25) is 15.9 Å². The van der Waals surface area contributed by atoms with E-state index in [-0.39, 0.29) is 11.9 Å². The quantitative estimate of drug-likeness (QED) is 0.688. The molecule has 2 aromatic rings. The van der Waals surface area contributed by atoms with Crippen LogP contribution in [0, 0.1) is 0 Å². The van der Waals surface area contributed by atoms with Gasteiger partial charge in [-0.3, -0.25) is 9.10 Å². The molecule has 1 aliphatic heterocycles. The minimum absolute atomic E-state index is 0.0332. The molecule has 1 atom stereocenters. The molecule has 0 saturated carbocycles. The minimum atomic E-state index is -3.31. The number of carbonyl (C=O) groups is 1. The molecule has 2 aromatic carbocycles. The molecule has 0 bridgehead atoms. The number of rotatable bonds is 6. The summed E-state index contributed by atoms with van der Waals surface area (Å²) >= 11 is 0. The highest BCUT2D eigenvalue weighted by Crippen LogP contribution is 2.43. The largest absolute Gasteiger partial charge is 0.493 e. The molecule has 0 aromatic heterocycles. The first-order valence-corrected chi connectivity index (χ1v) is 12.1. The molecule has 0 spiro atoms. The first-order valence-electron chi connectivity index (χ1n) is 10.3. The van der Waals surface area contributed by atoms with Gasteiger partial charge in [0.25, 0.3) is 0 Å².